The zero-order valence-corrected chi connectivity index (χ0v) is 14.1. The van der Waals surface area contributed by atoms with Crippen LogP contribution < -0.4 is 5.73 Å². The molecule has 1 amide bonds. The molecule has 0 spiro atoms. The summed E-state index contributed by atoms with van der Waals surface area (Å²) in [6, 6.07) is 8.05. The van der Waals surface area contributed by atoms with Gasteiger partial charge in [-0.3, -0.25) is 9.69 Å². The predicted molar refractivity (Wildman–Crippen MR) is 90.4 cm³/mol. The van der Waals surface area contributed by atoms with E-state index in [-0.39, 0.29) is 17.6 Å². The number of carbonyl (C=O) groups excluding carboxylic acids is 1. The maximum absolute atomic E-state index is 11.9. The molecule has 118 valence electrons. The molecule has 1 fully saturated rings. The summed E-state index contributed by atoms with van der Waals surface area (Å²) < 4.78 is 7.09. The van der Waals surface area contributed by atoms with Crippen LogP contribution in [-0.2, 0) is 4.74 Å². The molecule has 3 rings (SSSR count). The van der Waals surface area contributed by atoms with Crippen molar-refractivity contribution < 1.29 is 9.53 Å². The Morgan fingerprint density at radius 1 is 1.36 bits per heavy atom. The van der Waals surface area contributed by atoms with Gasteiger partial charge in [-0.1, -0.05) is 18.2 Å². The number of nitrogens with zero attached hydrogens (tertiary/aromatic N) is 1. The van der Waals surface area contributed by atoms with Gasteiger partial charge in [0.25, 0.3) is 5.91 Å². The predicted octanol–water partition coefficient (Wildman–Crippen LogP) is 3.17. The Kier molecular flexibility index (Phi) is 3.97. The highest BCUT2D eigenvalue weighted by atomic mass is 32.1. The van der Waals surface area contributed by atoms with E-state index in [1.807, 2.05) is 24.3 Å². The van der Waals surface area contributed by atoms with E-state index in [0.717, 1.165) is 28.7 Å². The number of amides is 1. The Morgan fingerprint density at radius 3 is 2.77 bits per heavy atom. The third kappa shape index (κ3) is 2.76. The molecule has 0 saturated carbocycles. The monoisotopic (exact) mass is 318 g/mol. The van der Waals surface area contributed by atoms with E-state index >= 15 is 0 Å². The van der Waals surface area contributed by atoms with Crippen molar-refractivity contribution in [2.24, 2.45) is 5.73 Å². The second-order valence-corrected chi connectivity index (χ2v) is 7.73. The summed E-state index contributed by atoms with van der Waals surface area (Å²) in [5.74, 6) is -0.368. The smallest absolute Gasteiger partial charge is 0.259 e. The van der Waals surface area contributed by atoms with Crippen LogP contribution in [0.25, 0.3) is 10.1 Å². The lowest BCUT2D eigenvalue weighted by atomic mass is 9.99. The lowest BCUT2D eigenvalue weighted by Gasteiger charge is -2.41. The molecule has 2 aromatic rings. The largest absolute Gasteiger partial charge is 0.371 e. The molecule has 2 N–H and O–H groups in total. The van der Waals surface area contributed by atoms with Crippen LogP contribution in [-0.4, -0.2) is 36.0 Å². The second-order valence-electron chi connectivity index (χ2n) is 6.68. The Bertz CT molecular complexity index is 702. The Balaban J connectivity index is 2.05. The molecule has 1 aromatic carbocycles. The molecule has 4 nitrogen and oxygen atoms in total. The van der Waals surface area contributed by atoms with Gasteiger partial charge in [-0.15, -0.1) is 11.3 Å². The van der Waals surface area contributed by atoms with E-state index in [1.165, 1.54) is 11.3 Å². The van der Waals surface area contributed by atoms with Crippen LogP contribution >= 0.6 is 11.3 Å². The molecule has 5 heteroatoms. The third-order valence-corrected chi connectivity index (χ3v) is 5.40. The molecule has 1 unspecified atom stereocenters. The summed E-state index contributed by atoms with van der Waals surface area (Å²) in [5.41, 5.74) is 6.65. The molecular weight excluding hydrogens is 296 g/mol. The van der Waals surface area contributed by atoms with E-state index in [9.17, 15) is 4.79 Å². The van der Waals surface area contributed by atoms with Gasteiger partial charge >= 0.3 is 0 Å². The van der Waals surface area contributed by atoms with Gasteiger partial charge in [-0.25, -0.2) is 0 Å². The second kappa shape index (κ2) is 5.65. The van der Waals surface area contributed by atoms with Gasteiger partial charge in [0.2, 0.25) is 0 Å². The average molecular weight is 318 g/mol. The number of rotatable bonds is 2. The Morgan fingerprint density at radius 2 is 2.09 bits per heavy atom. The summed E-state index contributed by atoms with van der Waals surface area (Å²) in [5, 5.41) is 1.09. The topological polar surface area (TPSA) is 55.6 Å². The fourth-order valence-electron chi connectivity index (χ4n) is 3.00. The first-order chi connectivity index (χ1) is 10.4. The number of fused-ring (bicyclic) bond motifs is 1. The van der Waals surface area contributed by atoms with Crippen molar-refractivity contribution in [3.05, 3.63) is 34.7 Å². The number of nitrogens with two attached hydrogens (primary N) is 1. The maximum Gasteiger partial charge on any atom is 0.259 e. The van der Waals surface area contributed by atoms with Crippen molar-refractivity contribution in [3.8, 4) is 0 Å². The van der Waals surface area contributed by atoms with Crippen molar-refractivity contribution in [1.29, 1.82) is 0 Å². The van der Waals surface area contributed by atoms with Gasteiger partial charge < -0.3 is 10.5 Å². The molecule has 1 aliphatic heterocycles. The summed E-state index contributed by atoms with van der Waals surface area (Å²) in [6.45, 7) is 8.98. The number of ether oxygens (including phenoxy) is 1. The molecule has 1 saturated heterocycles. The summed E-state index contributed by atoms with van der Waals surface area (Å²) in [4.78, 5) is 14.9. The maximum atomic E-state index is 11.9. The van der Waals surface area contributed by atoms with Crippen LogP contribution in [0, 0.1) is 0 Å². The van der Waals surface area contributed by atoms with Gasteiger partial charge in [0, 0.05) is 28.9 Å². The molecule has 1 atom stereocenters. The number of carbonyl (C=O) groups is 1. The van der Waals surface area contributed by atoms with Crippen molar-refractivity contribution >= 4 is 27.3 Å². The number of hydrogen-bond donors (Lipinski definition) is 1. The van der Waals surface area contributed by atoms with E-state index in [0.29, 0.717) is 11.5 Å². The Labute approximate surface area is 134 Å². The fourth-order valence-corrected chi connectivity index (χ4v) is 4.11. The quantitative estimate of drug-likeness (QED) is 0.925. The van der Waals surface area contributed by atoms with Gasteiger partial charge in [-0.2, -0.15) is 0 Å². The SMILES string of the molecule is CC(C)(C)N1CCOC(c2c(C(N)=O)sc3ccccc23)C1. The molecular formula is C17H22N2O2S. The van der Waals surface area contributed by atoms with Crippen LogP contribution in [0.1, 0.15) is 42.1 Å². The van der Waals surface area contributed by atoms with Crippen LogP contribution in [0.3, 0.4) is 0 Å². The van der Waals surface area contributed by atoms with Crippen molar-refractivity contribution in [3.63, 3.8) is 0 Å². The van der Waals surface area contributed by atoms with Crippen LogP contribution in [0.2, 0.25) is 0 Å². The first kappa shape index (κ1) is 15.5. The zero-order chi connectivity index (χ0) is 15.9. The molecule has 0 radical (unpaired) electrons. The number of thiophene rings is 1. The number of benzene rings is 1. The lowest BCUT2D eigenvalue weighted by Crippen LogP contribution is -2.49. The number of primary amides is 1. The first-order valence-electron chi connectivity index (χ1n) is 7.56. The molecule has 1 aliphatic rings. The van der Waals surface area contributed by atoms with Crippen molar-refractivity contribution in [2.45, 2.75) is 32.4 Å². The van der Waals surface area contributed by atoms with Gasteiger partial charge in [0.1, 0.15) is 0 Å². The zero-order valence-electron chi connectivity index (χ0n) is 13.3. The highest BCUT2D eigenvalue weighted by Gasteiger charge is 2.32. The number of morpholine rings is 1. The molecule has 22 heavy (non-hydrogen) atoms. The van der Waals surface area contributed by atoms with E-state index in [1.54, 1.807) is 0 Å². The number of hydrogen-bond acceptors (Lipinski definition) is 4. The van der Waals surface area contributed by atoms with E-state index in [2.05, 4.69) is 25.7 Å². The highest BCUT2D eigenvalue weighted by Crippen LogP contribution is 2.38. The van der Waals surface area contributed by atoms with E-state index in [4.69, 9.17) is 10.5 Å². The summed E-state index contributed by atoms with van der Waals surface area (Å²) >= 11 is 1.46. The molecule has 2 heterocycles. The standard InChI is InChI=1S/C17H22N2O2S/c1-17(2,3)19-8-9-21-12(10-19)14-11-6-4-5-7-13(11)22-15(14)16(18)20/h4-7,12H,8-10H2,1-3H3,(H2,18,20). The normalized spacial score (nSPS) is 20.4. The highest BCUT2D eigenvalue weighted by molar-refractivity contribution is 7.21. The summed E-state index contributed by atoms with van der Waals surface area (Å²) in [6.07, 6.45) is -0.105. The average Bonchev–Trinajstić information content (AvgIpc) is 2.86. The van der Waals surface area contributed by atoms with Crippen LogP contribution in [0.4, 0.5) is 0 Å². The first-order valence-corrected chi connectivity index (χ1v) is 8.37. The van der Waals surface area contributed by atoms with Gasteiger partial charge in [0.05, 0.1) is 17.6 Å². The van der Waals surface area contributed by atoms with Gasteiger partial charge in [-0.05, 0) is 32.2 Å². The minimum atomic E-state index is -0.368. The minimum Gasteiger partial charge on any atom is -0.371 e. The minimum absolute atomic E-state index is 0.0841. The van der Waals surface area contributed by atoms with Crippen molar-refractivity contribution in [1.82, 2.24) is 4.90 Å². The van der Waals surface area contributed by atoms with Crippen LogP contribution in [0.5, 0.6) is 0 Å². The Hall–Kier alpha value is -1.43. The lowest BCUT2D eigenvalue weighted by molar-refractivity contribution is -0.0591. The molecule has 1 aromatic heterocycles. The molecule has 0 aliphatic carbocycles. The van der Waals surface area contributed by atoms with Crippen LogP contribution in [0.15, 0.2) is 24.3 Å². The van der Waals surface area contributed by atoms with E-state index < -0.39 is 0 Å². The summed E-state index contributed by atoms with van der Waals surface area (Å²) in [7, 11) is 0. The fraction of sp³-hybridized carbons (Fsp3) is 0.471. The molecule has 0 bridgehead atoms. The van der Waals surface area contributed by atoms with Crippen molar-refractivity contribution in [2.75, 3.05) is 19.7 Å². The third-order valence-electron chi connectivity index (χ3n) is 4.19. The van der Waals surface area contributed by atoms with Gasteiger partial charge in [0.15, 0.2) is 0 Å².